The summed E-state index contributed by atoms with van der Waals surface area (Å²) in [4.78, 5) is 18.5. The number of amides is 1. The smallest absolute Gasteiger partial charge is 0.406 e. The van der Waals surface area contributed by atoms with Crippen LogP contribution >= 0.6 is 0 Å². The summed E-state index contributed by atoms with van der Waals surface area (Å²) in [5.74, 6) is 0.131. The third-order valence-corrected chi connectivity index (χ3v) is 4.59. The molecule has 0 spiro atoms. The van der Waals surface area contributed by atoms with Crippen molar-refractivity contribution in [1.82, 2.24) is 19.6 Å². The van der Waals surface area contributed by atoms with Gasteiger partial charge in [-0.3, -0.25) is 4.79 Å². The third kappa shape index (κ3) is 4.41. The van der Waals surface area contributed by atoms with Crippen molar-refractivity contribution in [2.45, 2.75) is 25.7 Å². The van der Waals surface area contributed by atoms with E-state index in [9.17, 15) is 18.0 Å². The molecule has 3 heterocycles. The Kier molecular flexibility index (Phi) is 4.99. The average molecular weight is 406 g/mol. The van der Waals surface area contributed by atoms with E-state index in [0.717, 1.165) is 25.9 Å². The second-order valence-electron chi connectivity index (χ2n) is 6.60. The summed E-state index contributed by atoms with van der Waals surface area (Å²) in [5, 5.41) is 3.89. The fourth-order valence-electron chi connectivity index (χ4n) is 3.21. The van der Waals surface area contributed by atoms with Crippen LogP contribution in [0.3, 0.4) is 0 Å². The molecular weight excluding hydrogens is 389 g/mol. The number of carbonyl (C=O) groups excluding carboxylic acids is 1. The Morgan fingerprint density at radius 1 is 1.14 bits per heavy atom. The molecule has 0 bridgehead atoms. The Morgan fingerprint density at radius 2 is 1.86 bits per heavy atom. The maximum atomic E-state index is 12.4. The van der Waals surface area contributed by atoms with Crippen LogP contribution in [0.25, 0.3) is 23.0 Å². The zero-order chi connectivity index (χ0) is 20.4. The van der Waals surface area contributed by atoms with E-state index < -0.39 is 6.36 Å². The lowest BCUT2D eigenvalue weighted by molar-refractivity contribution is -0.274. The van der Waals surface area contributed by atoms with Gasteiger partial charge in [-0.2, -0.15) is 4.98 Å². The highest BCUT2D eigenvalue weighted by atomic mass is 19.4. The lowest BCUT2D eigenvalue weighted by Crippen LogP contribution is -2.31. The van der Waals surface area contributed by atoms with E-state index in [1.165, 1.54) is 24.3 Å². The Labute approximate surface area is 163 Å². The molecule has 0 radical (unpaired) electrons. The van der Waals surface area contributed by atoms with Crippen molar-refractivity contribution in [3.63, 3.8) is 0 Å². The summed E-state index contributed by atoms with van der Waals surface area (Å²) < 4.78 is 47.7. The van der Waals surface area contributed by atoms with Gasteiger partial charge in [0.05, 0.1) is 0 Å². The predicted octanol–water partition coefficient (Wildman–Crippen LogP) is 3.73. The Hall–Kier alpha value is -3.30. The highest BCUT2D eigenvalue weighted by Crippen LogP contribution is 2.27. The Balaban J connectivity index is 1.50. The van der Waals surface area contributed by atoms with Gasteiger partial charge in [0, 0.05) is 24.8 Å². The van der Waals surface area contributed by atoms with Crippen molar-refractivity contribution in [2.24, 2.45) is 0 Å². The van der Waals surface area contributed by atoms with Gasteiger partial charge in [-0.15, -0.1) is 13.2 Å². The molecular formula is C19H17F3N4O3. The van der Waals surface area contributed by atoms with Gasteiger partial charge in [0.25, 0.3) is 5.89 Å². The second kappa shape index (κ2) is 7.61. The summed E-state index contributed by atoms with van der Waals surface area (Å²) in [6.07, 6.45) is -0.955. The first-order chi connectivity index (χ1) is 13.9. The zero-order valence-electron chi connectivity index (χ0n) is 15.2. The average Bonchev–Trinajstić information content (AvgIpc) is 3.42. The lowest BCUT2D eigenvalue weighted by Gasteiger charge is -2.16. The van der Waals surface area contributed by atoms with Gasteiger partial charge in [0.2, 0.25) is 11.7 Å². The monoisotopic (exact) mass is 406 g/mol. The molecule has 0 unspecified atom stereocenters. The van der Waals surface area contributed by atoms with E-state index in [2.05, 4.69) is 14.9 Å². The number of aromatic nitrogens is 3. The van der Waals surface area contributed by atoms with Gasteiger partial charge in [-0.1, -0.05) is 5.16 Å². The minimum Gasteiger partial charge on any atom is -0.406 e. The van der Waals surface area contributed by atoms with Gasteiger partial charge in [0.1, 0.15) is 18.0 Å². The van der Waals surface area contributed by atoms with Crippen molar-refractivity contribution in [1.29, 1.82) is 0 Å². The maximum Gasteiger partial charge on any atom is 0.573 e. The molecule has 0 saturated carbocycles. The summed E-state index contributed by atoms with van der Waals surface area (Å²) in [6, 6.07) is 8.71. The van der Waals surface area contributed by atoms with Crippen LogP contribution in [0.5, 0.6) is 5.75 Å². The number of ether oxygens (including phenoxy) is 1. The molecule has 1 amide bonds. The molecule has 1 aliphatic rings. The van der Waals surface area contributed by atoms with E-state index in [0.29, 0.717) is 11.3 Å². The normalized spacial score (nSPS) is 14.4. The van der Waals surface area contributed by atoms with Crippen molar-refractivity contribution in [3.8, 4) is 28.7 Å². The van der Waals surface area contributed by atoms with E-state index in [1.54, 1.807) is 22.9 Å². The molecule has 10 heteroatoms. The molecule has 1 aliphatic heterocycles. The number of halogens is 3. The Bertz CT molecular complexity index is 989. The number of hydrogen-bond donors (Lipinski definition) is 0. The molecule has 7 nitrogen and oxygen atoms in total. The number of likely N-dealkylation sites (tertiary alicyclic amines) is 1. The van der Waals surface area contributed by atoms with Gasteiger partial charge in [0.15, 0.2) is 0 Å². The quantitative estimate of drug-likeness (QED) is 0.646. The van der Waals surface area contributed by atoms with Crippen LogP contribution in [0.15, 0.2) is 47.1 Å². The van der Waals surface area contributed by atoms with Gasteiger partial charge in [-0.25, -0.2) is 0 Å². The van der Waals surface area contributed by atoms with Crippen LogP contribution in [0.4, 0.5) is 13.2 Å². The predicted molar refractivity (Wildman–Crippen MR) is 95.7 cm³/mol. The first kappa shape index (κ1) is 19.0. The molecule has 152 valence electrons. The maximum absolute atomic E-state index is 12.4. The molecule has 1 fully saturated rings. The van der Waals surface area contributed by atoms with Crippen LogP contribution < -0.4 is 4.74 Å². The van der Waals surface area contributed by atoms with E-state index in [4.69, 9.17) is 4.52 Å². The van der Waals surface area contributed by atoms with Crippen LogP contribution in [-0.2, 0) is 11.3 Å². The number of alkyl halides is 3. The number of benzene rings is 1. The van der Waals surface area contributed by atoms with Crippen LogP contribution in [0.2, 0.25) is 0 Å². The highest BCUT2D eigenvalue weighted by molar-refractivity contribution is 5.77. The fraction of sp³-hybridized carbons (Fsp3) is 0.316. The summed E-state index contributed by atoms with van der Waals surface area (Å²) >= 11 is 0. The molecule has 0 atom stereocenters. The molecule has 0 aliphatic carbocycles. The minimum absolute atomic E-state index is 0.0277. The van der Waals surface area contributed by atoms with Crippen molar-refractivity contribution in [2.75, 3.05) is 13.1 Å². The first-order valence-electron chi connectivity index (χ1n) is 9.02. The lowest BCUT2D eigenvalue weighted by atomic mass is 10.2. The second-order valence-corrected chi connectivity index (χ2v) is 6.60. The SMILES string of the molecule is O=C(Cn1cccc1-c1nc(-c2ccc(OC(F)(F)F)cc2)no1)N1CCCC1. The summed E-state index contributed by atoms with van der Waals surface area (Å²) in [6.45, 7) is 1.71. The molecule has 1 aromatic carbocycles. The van der Waals surface area contributed by atoms with Crippen LogP contribution in [0.1, 0.15) is 12.8 Å². The summed E-state index contributed by atoms with van der Waals surface area (Å²) in [7, 11) is 0. The molecule has 2 aromatic heterocycles. The molecule has 4 rings (SSSR count). The fourth-order valence-corrected chi connectivity index (χ4v) is 3.21. The van der Waals surface area contributed by atoms with E-state index in [1.807, 2.05) is 4.90 Å². The van der Waals surface area contributed by atoms with Crippen molar-refractivity contribution < 1.29 is 27.2 Å². The minimum atomic E-state index is -4.75. The number of hydrogen-bond acceptors (Lipinski definition) is 5. The first-order valence-corrected chi connectivity index (χ1v) is 9.02. The summed E-state index contributed by atoms with van der Waals surface area (Å²) in [5.41, 5.74) is 1.06. The van der Waals surface area contributed by atoms with Gasteiger partial charge < -0.3 is 18.7 Å². The molecule has 3 aromatic rings. The van der Waals surface area contributed by atoms with Gasteiger partial charge in [-0.05, 0) is 49.2 Å². The van der Waals surface area contributed by atoms with E-state index in [-0.39, 0.29) is 29.9 Å². The van der Waals surface area contributed by atoms with E-state index >= 15 is 0 Å². The van der Waals surface area contributed by atoms with Crippen molar-refractivity contribution >= 4 is 5.91 Å². The Morgan fingerprint density at radius 3 is 2.55 bits per heavy atom. The molecule has 1 saturated heterocycles. The topological polar surface area (TPSA) is 73.4 Å². The molecule has 29 heavy (non-hydrogen) atoms. The number of rotatable bonds is 5. The largest absolute Gasteiger partial charge is 0.573 e. The highest BCUT2D eigenvalue weighted by Gasteiger charge is 2.31. The third-order valence-electron chi connectivity index (χ3n) is 4.59. The number of nitrogens with zero attached hydrogens (tertiary/aromatic N) is 4. The molecule has 0 N–H and O–H groups in total. The van der Waals surface area contributed by atoms with Crippen LogP contribution in [0, 0.1) is 0 Å². The van der Waals surface area contributed by atoms with Crippen molar-refractivity contribution in [3.05, 3.63) is 42.6 Å². The zero-order valence-corrected chi connectivity index (χ0v) is 15.2. The van der Waals surface area contributed by atoms with Gasteiger partial charge >= 0.3 is 6.36 Å². The standard InChI is InChI=1S/C19H17F3N4O3/c20-19(21,22)28-14-7-5-13(6-8-14)17-23-18(29-24-17)15-4-3-11-26(15)12-16(27)25-9-1-2-10-25/h3-8,11H,1-2,9-10,12H2. The van der Waals surface area contributed by atoms with Crippen LogP contribution in [-0.4, -0.2) is 45.0 Å². The number of carbonyl (C=O) groups is 1.